The van der Waals surface area contributed by atoms with Gasteiger partial charge >= 0.3 is 12.1 Å². The molecular formula is C11H9F5O2. The first-order chi connectivity index (χ1) is 8.23. The standard InChI is InChI=1S/C11H9F5O2/c12-10(13)9-6(4-5-8(17)18)2-1-3-7(9)11(14,15)16/h1-3,10H,4-5H2,(H,17,18). The van der Waals surface area contributed by atoms with Crippen LogP contribution in [0.1, 0.15) is 29.5 Å². The number of alkyl halides is 5. The first-order valence-electron chi connectivity index (χ1n) is 4.92. The highest BCUT2D eigenvalue weighted by molar-refractivity contribution is 5.67. The fourth-order valence-electron chi connectivity index (χ4n) is 1.58. The number of hydrogen-bond acceptors (Lipinski definition) is 1. The van der Waals surface area contributed by atoms with Gasteiger partial charge in [-0.2, -0.15) is 13.2 Å². The topological polar surface area (TPSA) is 37.3 Å². The van der Waals surface area contributed by atoms with Gasteiger partial charge in [-0.25, -0.2) is 8.78 Å². The number of aliphatic carboxylic acids is 1. The van der Waals surface area contributed by atoms with Gasteiger partial charge in [0, 0.05) is 12.0 Å². The Morgan fingerprint density at radius 3 is 2.33 bits per heavy atom. The lowest BCUT2D eigenvalue weighted by molar-refractivity contribution is -0.139. The van der Waals surface area contributed by atoms with Crippen molar-refractivity contribution >= 4 is 5.97 Å². The van der Waals surface area contributed by atoms with Crippen LogP contribution in [-0.2, 0) is 17.4 Å². The first-order valence-corrected chi connectivity index (χ1v) is 4.92. The van der Waals surface area contributed by atoms with Crippen LogP contribution in [0.4, 0.5) is 22.0 Å². The van der Waals surface area contributed by atoms with Gasteiger partial charge in [-0.1, -0.05) is 12.1 Å². The number of benzene rings is 1. The molecule has 0 aliphatic rings. The van der Waals surface area contributed by atoms with Gasteiger partial charge in [0.15, 0.2) is 0 Å². The van der Waals surface area contributed by atoms with Crippen LogP contribution >= 0.6 is 0 Å². The summed E-state index contributed by atoms with van der Waals surface area (Å²) in [6.45, 7) is 0. The molecule has 0 saturated carbocycles. The summed E-state index contributed by atoms with van der Waals surface area (Å²) >= 11 is 0. The predicted molar refractivity (Wildman–Crippen MR) is 52.4 cm³/mol. The minimum Gasteiger partial charge on any atom is -0.481 e. The van der Waals surface area contributed by atoms with Gasteiger partial charge in [-0.3, -0.25) is 4.79 Å². The Morgan fingerprint density at radius 2 is 1.89 bits per heavy atom. The predicted octanol–water partition coefficient (Wildman–Crippen LogP) is 3.66. The van der Waals surface area contributed by atoms with Gasteiger partial charge < -0.3 is 5.11 Å². The average Bonchev–Trinajstić information content (AvgIpc) is 2.24. The highest BCUT2D eigenvalue weighted by Crippen LogP contribution is 2.38. The summed E-state index contributed by atoms with van der Waals surface area (Å²) in [5.41, 5.74) is -2.84. The number of halogens is 5. The van der Waals surface area contributed by atoms with Crippen LogP contribution in [0.2, 0.25) is 0 Å². The Balaban J connectivity index is 3.22. The molecule has 2 nitrogen and oxygen atoms in total. The number of rotatable bonds is 4. The van der Waals surface area contributed by atoms with Crippen molar-refractivity contribution in [3.63, 3.8) is 0 Å². The molecule has 0 aromatic heterocycles. The zero-order chi connectivity index (χ0) is 13.9. The van der Waals surface area contributed by atoms with E-state index < -0.39 is 36.1 Å². The maximum Gasteiger partial charge on any atom is 0.416 e. The van der Waals surface area contributed by atoms with Gasteiger partial charge in [-0.15, -0.1) is 0 Å². The second-order valence-corrected chi connectivity index (χ2v) is 3.57. The summed E-state index contributed by atoms with van der Waals surface area (Å²) in [5, 5.41) is 8.42. The number of carboxylic acid groups (broad SMARTS) is 1. The zero-order valence-electron chi connectivity index (χ0n) is 8.97. The molecule has 0 heterocycles. The maximum absolute atomic E-state index is 12.7. The Kier molecular flexibility index (Phi) is 4.26. The van der Waals surface area contributed by atoms with E-state index in [9.17, 15) is 26.7 Å². The van der Waals surface area contributed by atoms with Gasteiger partial charge in [0.2, 0.25) is 0 Å². The molecule has 0 amide bonds. The van der Waals surface area contributed by atoms with E-state index >= 15 is 0 Å². The fraction of sp³-hybridized carbons (Fsp3) is 0.364. The van der Waals surface area contributed by atoms with E-state index in [1.807, 2.05) is 0 Å². The van der Waals surface area contributed by atoms with E-state index in [-0.39, 0.29) is 12.0 Å². The van der Waals surface area contributed by atoms with Gasteiger partial charge in [0.05, 0.1) is 5.56 Å². The summed E-state index contributed by atoms with van der Waals surface area (Å²) in [6, 6.07) is 2.64. The highest BCUT2D eigenvalue weighted by atomic mass is 19.4. The number of carbonyl (C=O) groups is 1. The van der Waals surface area contributed by atoms with Crippen molar-refractivity contribution in [3.8, 4) is 0 Å². The molecule has 0 aliphatic heterocycles. The van der Waals surface area contributed by atoms with Crippen LogP contribution in [0.3, 0.4) is 0 Å². The Morgan fingerprint density at radius 1 is 1.28 bits per heavy atom. The minimum atomic E-state index is -4.88. The largest absolute Gasteiger partial charge is 0.481 e. The molecule has 18 heavy (non-hydrogen) atoms. The molecule has 1 aromatic carbocycles. The molecular weight excluding hydrogens is 259 g/mol. The number of aryl methyl sites for hydroxylation is 1. The third-order valence-corrected chi connectivity index (χ3v) is 2.33. The molecule has 0 unspecified atom stereocenters. The second-order valence-electron chi connectivity index (χ2n) is 3.57. The Labute approximate surface area is 99.0 Å². The van der Waals surface area contributed by atoms with Crippen molar-refractivity contribution in [1.82, 2.24) is 0 Å². The normalized spacial score (nSPS) is 11.9. The van der Waals surface area contributed by atoms with Crippen LogP contribution in [-0.4, -0.2) is 11.1 Å². The third-order valence-electron chi connectivity index (χ3n) is 2.33. The molecule has 0 saturated heterocycles. The zero-order valence-corrected chi connectivity index (χ0v) is 8.97. The lowest BCUT2D eigenvalue weighted by atomic mass is 9.97. The first kappa shape index (κ1) is 14.4. The summed E-state index contributed by atoms with van der Waals surface area (Å²) in [4.78, 5) is 10.3. The van der Waals surface area contributed by atoms with E-state index in [1.165, 1.54) is 0 Å². The molecule has 0 atom stereocenters. The summed E-state index contributed by atoms with van der Waals surface area (Å²) < 4.78 is 63.0. The van der Waals surface area contributed by atoms with Crippen molar-refractivity contribution in [2.24, 2.45) is 0 Å². The smallest absolute Gasteiger partial charge is 0.416 e. The molecule has 100 valence electrons. The van der Waals surface area contributed by atoms with Crippen LogP contribution in [0.5, 0.6) is 0 Å². The second kappa shape index (κ2) is 5.32. The van der Waals surface area contributed by atoms with E-state index in [1.54, 1.807) is 0 Å². The van der Waals surface area contributed by atoms with Crippen LogP contribution in [0.15, 0.2) is 18.2 Å². The molecule has 0 fully saturated rings. The van der Waals surface area contributed by atoms with Crippen molar-refractivity contribution in [2.75, 3.05) is 0 Å². The average molecular weight is 268 g/mol. The number of hydrogen-bond donors (Lipinski definition) is 1. The SMILES string of the molecule is O=C(O)CCc1cccc(C(F)(F)F)c1C(F)F. The third kappa shape index (κ3) is 3.41. The summed E-state index contributed by atoms with van der Waals surface area (Å²) in [7, 11) is 0. The molecule has 0 aliphatic carbocycles. The van der Waals surface area contributed by atoms with Crippen LogP contribution in [0.25, 0.3) is 0 Å². The summed E-state index contributed by atoms with van der Waals surface area (Å²) in [6.07, 6.45) is -9.04. The van der Waals surface area contributed by atoms with Crippen molar-refractivity contribution in [3.05, 3.63) is 34.9 Å². The fourth-order valence-corrected chi connectivity index (χ4v) is 1.58. The van der Waals surface area contributed by atoms with E-state index in [2.05, 4.69) is 0 Å². The molecule has 1 aromatic rings. The highest BCUT2D eigenvalue weighted by Gasteiger charge is 2.36. The van der Waals surface area contributed by atoms with Gasteiger partial charge in [0.1, 0.15) is 0 Å². The van der Waals surface area contributed by atoms with Crippen molar-refractivity contribution in [1.29, 1.82) is 0 Å². The van der Waals surface area contributed by atoms with Crippen molar-refractivity contribution in [2.45, 2.75) is 25.4 Å². The van der Waals surface area contributed by atoms with Gasteiger partial charge in [-0.05, 0) is 18.1 Å². The summed E-state index contributed by atoms with van der Waals surface area (Å²) in [5.74, 6) is -1.26. The molecule has 1 N–H and O–H groups in total. The molecule has 1 rings (SSSR count). The lowest BCUT2D eigenvalue weighted by Gasteiger charge is -2.15. The number of carboxylic acids is 1. The van der Waals surface area contributed by atoms with Gasteiger partial charge in [0.25, 0.3) is 6.43 Å². The lowest BCUT2D eigenvalue weighted by Crippen LogP contribution is -2.12. The van der Waals surface area contributed by atoms with Crippen LogP contribution < -0.4 is 0 Å². The van der Waals surface area contributed by atoms with E-state index in [0.29, 0.717) is 6.07 Å². The Hall–Kier alpha value is -1.66. The molecule has 0 radical (unpaired) electrons. The monoisotopic (exact) mass is 268 g/mol. The van der Waals surface area contributed by atoms with Crippen LogP contribution in [0, 0.1) is 0 Å². The Bertz CT molecular complexity index is 440. The molecule has 0 bridgehead atoms. The minimum absolute atomic E-state index is 0.290. The molecule has 7 heteroatoms. The van der Waals surface area contributed by atoms with Crippen molar-refractivity contribution < 1.29 is 31.9 Å². The van der Waals surface area contributed by atoms with E-state index in [4.69, 9.17) is 5.11 Å². The quantitative estimate of drug-likeness (QED) is 0.846. The van der Waals surface area contributed by atoms with E-state index in [0.717, 1.165) is 12.1 Å². The maximum atomic E-state index is 12.7. The molecule has 0 spiro atoms.